The second kappa shape index (κ2) is 11.9. The zero-order valence-corrected chi connectivity index (χ0v) is 23.3. The first kappa shape index (κ1) is 28.5. The smallest absolute Gasteiger partial charge is 0.435 e. The molecule has 3 aromatic heterocycles. The van der Waals surface area contributed by atoms with Gasteiger partial charge >= 0.3 is 6.18 Å². The first-order chi connectivity index (χ1) is 19.7. The number of aldehydes is 1. The molecule has 1 aliphatic rings. The molecule has 3 heterocycles. The molecule has 1 fully saturated rings. The Hall–Kier alpha value is -3.99. The fourth-order valence-electron chi connectivity index (χ4n) is 5.44. The molecule has 0 bridgehead atoms. The van der Waals surface area contributed by atoms with Crippen molar-refractivity contribution in [2.24, 2.45) is 5.92 Å². The monoisotopic (exact) mass is 566 g/mol. The van der Waals surface area contributed by atoms with Gasteiger partial charge in [-0.25, -0.2) is 4.98 Å². The van der Waals surface area contributed by atoms with Gasteiger partial charge in [-0.2, -0.15) is 18.3 Å². The van der Waals surface area contributed by atoms with Crippen LogP contribution in [-0.4, -0.2) is 56.2 Å². The minimum Gasteiger partial charge on any atom is -0.497 e. The lowest BCUT2D eigenvalue weighted by Gasteiger charge is -2.28. The Kier molecular flexibility index (Phi) is 8.25. The van der Waals surface area contributed by atoms with Crippen molar-refractivity contribution in [1.29, 1.82) is 0 Å². The predicted octanol–water partition coefficient (Wildman–Crippen LogP) is 5.68. The summed E-state index contributed by atoms with van der Waals surface area (Å²) in [7, 11) is 3.61. The highest BCUT2D eigenvalue weighted by Gasteiger charge is 2.39. The zero-order chi connectivity index (χ0) is 29.1. The van der Waals surface area contributed by atoms with E-state index in [1.54, 1.807) is 57.2 Å². The van der Waals surface area contributed by atoms with Crippen molar-refractivity contribution < 1.29 is 22.7 Å². The summed E-state index contributed by atoms with van der Waals surface area (Å²) in [6, 6.07) is 7.27. The third-order valence-corrected chi connectivity index (χ3v) is 7.59. The molecule has 1 saturated carbocycles. The summed E-state index contributed by atoms with van der Waals surface area (Å²) in [4.78, 5) is 23.2. The van der Waals surface area contributed by atoms with Gasteiger partial charge in [0.15, 0.2) is 5.69 Å². The molecule has 216 valence electrons. The largest absolute Gasteiger partial charge is 0.497 e. The highest BCUT2D eigenvalue weighted by atomic mass is 19.4. The third kappa shape index (κ3) is 6.35. The van der Waals surface area contributed by atoms with Crippen LogP contribution in [0, 0.1) is 5.92 Å². The molecule has 0 aliphatic heterocycles. The zero-order valence-electron chi connectivity index (χ0n) is 23.3. The van der Waals surface area contributed by atoms with Crippen LogP contribution in [0.1, 0.15) is 58.7 Å². The molecule has 41 heavy (non-hydrogen) atoms. The molecule has 1 aliphatic carbocycles. The Bertz CT molecular complexity index is 1490. The van der Waals surface area contributed by atoms with E-state index in [0.29, 0.717) is 47.7 Å². The van der Waals surface area contributed by atoms with E-state index in [-0.39, 0.29) is 18.2 Å². The number of likely N-dealkylation sites (N-methyl/N-ethyl adjacent to an activating group) is 1. The number of rotatable bonds is 12. The lowest BCUT2D eigenvalue weighted by atomic mass is 9.91. The van der Waals surface area contributed by atoms with Crippen LogP contribution in [0.25, 0.3) is 11.1 Å². The number of methoxy groups -OCH3 is 1. The molecule has 0 saturated heterocycles. The maximum atomic E-state index is 14.2. The minimum atomic E-state index is -4.65. The second-order valence-corrected chi connectivity index (χ2v) is 10.4. The number of aromatic nitrogens is 5. The number of halogens is 3. The second-order valence-electron chi connectivity index (χ2n) is 10.4. The van der Waals surface area contributed by atoms with E-state index in [1.807, 2.05) is 17.7 Å². The van der Waals surface area contributed by atoms with Gasteiger partial charge in [0.2, 0.25) is 0 Å². The van der Waals surface area contributed by atoms with Crippen LogP contribution in [0.15, 0.2) is 55.4 Å². The number of imidazole rings is 1. The van der Waals surface area contributed by atoms with Crippen LogP contribution in [0.5, 0.6) is 5.75 Å². The summed E-state index contributed by atoms with van der Waals surface area (Å²) < 4.78 is 51.1. The number of ether oxygens (including phenoxy) is 1. The van der Waals surface area contributed by atoms with Gasteiger partial charge in [-0.1, -0.05) is 0 Å². The quantitative estimate of drug-likeness (QED) is 0.206. The maximum absolute atomic E-state index is 14.2. The van der Waals surface area contributed by atoms with E-state index in [4.69, 9.17) is 4.74 Å². The van der Waals surface area contributed by atoms with Crippen molar-refractivity contribution in [2.45, 2.75) is 51.5 Å². The molecule has 1 unspecified atom stereocenters. The van der Waals surface area contributed by atoms with Crippen LogP contribution < -0.4 is 4.74 Å². The van der Waals surface area contributed by atoms with Gasteiger partial charge in [0, 0.05) is 61.6 Å². The van der Waals surface area contributed by atoms with Gasteiger partial charge in [-0.05, 0) is 74.0 Å². The number of alkyl halides is 3. The Morgan fingerprint density at radius 1 is 1.20 bits per heavy atom. The molecule has 5 rings (SSSR count). The highest BCUT2D eigenvalue weighted by Crippen LogP contribution is 2.44. The SMILES string of the molecule is CCn1cc(-c2cc(Cn3ccnc3)cc(C=O)c2CCN(C)C(c2cc(OC)ccn2)C2CC2)c(C(F)(F)F)n1. The maximum Gasteiger partial charge on any atom is 0.435 e. The number of hydrogen-bond acceptors (Lipinski definition) is 6. The highest BCUT2D eigenvalue weighted by molar-refractivity contribution is 5.84. The molecule has 0 amide bonds. The van der Waals surface area contributed by atoms with E-state index >= 15 is 0 Å². The topological polar surface area (TPSA) is 78.1 Å². The minimum absolute atomic E-state index is 0.0270. The van der Waals surface area contributed by atoms with E-state index in [1.165, 1.54) is 10.9 Å². The molecule has 11 heteroatoms. The molecule has 8 nitrogen and oxygen atoms in total. The summed E-state index contributed by atoms with van der Waals surface area (Å²) in [6.45, 7) is 2.90. The first-order valence-corrected chi connectivity index (χ1v) is 13.6. The number of aryl methyl sites for hydroxylation is 1. The standard InChI is InChI=1S/C30H33F3N6O2/c1-4-39-17-26(29(36-39)30(31,32)33)25-14-20(16-38-12-10-34-19-38)13-22(18-40)24(25)8-11-37(2)28(21-5-6-21)27-15-23(41-3)7-9-35-27/h7,9-10,12-15,17-19,21,28H,4-6,8,11,16H2,1-3H3. The Labute approximate surface area is 236 Å². The molecule has 1 aromatic carbocycles. The van der Waals surface area contributed by atoms with Crippen molar-refractivity contribution in [3.63, 3.8) is 0 Å². The predicted molar refractivity (Wildman–Crippen MR) is 148 cm³/mol. The van der Waals surface area contributed by atoms with Crippen molar-refractivity contribution in [2.75, 3.05) is 20.7 Å². The molecule has 0 N–H and O–H groups in total. The van der Waals surface area contributed by atoms with E-state index in [0.717, 1.165) is 30.6 Å². The van der Waals surface area contributed by atoms with Crippen LogP contribution in [0.4, 0.5) is 13.2 Å². The summed E-state index contributed by atoms with van der Waals surface area (Å²) in [5.74, 6) is 1.16. The van der Waals surface area contributed by atoms with Crippen LogP contribution in [0.3, 0.4) is 0 Å². The first-order valence-electron chi connectivity index (χ1n) is 13.6. The number of carbonyl (C=O) groups is 1. The number of nitrogens with zero attached hydrogens (tertiary/aromatic N) is 6. The fourth-order valence-corrected chi connectivity index (χ4v) is 5.44. The van der Waals surface area contributed by atoms with E-state index in [2.05, 4.69) is 20.0 Å². The number of carbonyl (C=O) groups excluding carboxylic acids is 1. The van der Waals surface area contributed by atoms with Crippen LogP contribution in [-0.2, 0) is 25.7 Å². The lowest BCUT2D eigenvalue weighted by molar-refractivity contribution is -0.141. The lowest BCUT2D eigenvalue weighted by Crippen LogP contribution is -2.29. The van der Waals surface area contributed by atoms with Crippen molar-refractivity contribution in [3.05, 3.63) is 83.5 Å². The third-order valence-electron chi connectivity index (χ3n) is 7.59. The van der Waals surface area contributed by atoms with Crippen LogP contribution in [0.2, 0.25) is 0 Å². The summed E-state index contributed by atoms with van der Waals surface area (Å²) >= 11 is 0. The van der Waals surface area contributed by atoms with Crippen LogP contribution >= 0.6 is 0 Å². The van der Waals surface area contributed by atoms with Gasteiger partial charge in [0.25, 0.3) is 0 Å². The van der Waals surface area contributed by atoms with E-state index < -0.39 is 11.9 Å². The summed E-state index contributed by atoms with van der Waals surface area (Å²) in [5, 5.41) is 3.85. The Balaban J connectivity index is 1.54. The Morgan fingerprint density at radius 2 is 2.00 bits per heavy atom. The Morgan fingerprint density at radius 3 is 2.63 bits per heavy atom. The van der Waals surface area contributed by atoms with E-state index in [9.17, 15) is 18.0 Å². The van der Waals surface area contributed by atoms with Gasteiger partial charge in [-0.3, -0.25) is 19.4 Å². The number of benzene rings is 1. The van der Waals surface area contributed by atoms with Crippen molar-refractivity contribution in [3.8, 4) is 16.9 Å². The van der Waals surface area contributed by atoms with Gasteiger partial charge in [0.1, 0.15) is 12.0 Å². The molecular formula is C30H33F3N6O2. The van der Waals surface area contributed by atoms with Gasteiger partial charge in [0.05, 0.1) is 25.2 Å². The molecule has 0 radical (unpaired) electrons. The molecule has 4 aromatic rings. The summed E-state index contributed by atoms with van der Waals surface area (Å²) in [5.41, 5.74) is 1.91. The normalized spacial score (nSPS) is 14.4. The number of pyridine rings is 1. The average Bonchev–Trinajstić information content (AvgIpc) is 3.45. The van der Waals surface area contributed by atoms with Gasteiger partial charge in [-0.15, -0.1) is 0 Å². The molecular weight excluding hydrogens is 533 g/mol. The van der Waals surface area contributed by atoms with Crippen molar-refractivity contribution in [1.82, 2.24) is 29.2 Å². The fraction of sp³-hybridized carbons (Fsp3) is 0.400. The molecule has 1 atom stereocenters. The van der Waals surface area contributed by atoms with Crippen molar-refractivity contribution >= 4 is 6.29 Å². The number of hydrogen-bond donors (Lipinski definition) is 0. The van der Waals surface area contributed by atoms with Gasteiger partial charge < -0.3 is 9.30 Å². The molecule has 0 spiro atoms. The average molecular weight is 567 g/mol. The summed E-state index contributed by atoms with van der Waals surface area (Å²) in [6.07, 6.45) is 6.78.